The van der Waals surface area contributed by atoms with Gasteiger partial charge in [0.1, 0.15) is 0 Å². The van der Waals surface area contributed by atoms with Crippen molar-refractivity contribution in [3.63, 3.8) is 0 Å². The third-order valence-electron chi connectivity index (χ3n) is 2.15. The van der Waals surface area contributed by atoms with Gasteiger partial charge in [0.15, 0.2) is 0 Å². The summed E-state index contributed by atoms with van der Waals surface area (Å²) in [6.45, 7) is 0. The van der Waals surface area contributed by atoms with Gasteiger partial charge in [0.25, 0.3) is 0 Å². The number of rotatable bonds is 2. The molecule has 0 nitrogen and oxygen atoms in total. The van der Waals surface area contributed by atoms with Crippen LogP contribution in [0.25, 0.3) is 0 Å². The number of thiophene rings is 1. The standard InChI is InChI=1S/C12H10S.C4H4S/c1-3-7-11(8-4-1)13-12-9-5-2-6-10-12;1-2-4-5-3-1/h1-10H;1-4H. The second kappa shape index (κ2) is 7.75. The average Bonchev–Trinajstić information content (AvgIpc) is 3.00. The van der Waals surface area contributed by atoms with Crippen molar-refractivity contribution in [3.05, 3.63) is 83.6 Å². The maximum atomic E-state index is 2.12. The first-order valence-electron chi connectivity index (χ1n) is 5.70. The lowest BCUT2D eigenvalue weighted by Crippen LogP contribution is -1.70. The van der Waals surface area contributed by atoms with E-state index in [-0.39, 0.29) is 0 Å². The van der Waals surface area contributed by atoms with Crippen molar-refractivity contribution in [2.75, 3.05) is 0 Å². The van der Waals surface area contributed by atoms with Gasteiger partial charge in [-0.3, -0.25) is 0 Å². The van der Waals surface area contributed by atoms with Gasteiger partial charge in [-0.2, -0.15) is 11.3 Å². The van der Waals surface area contributed by atoms with E-state index < -0.39 is 0 Å². The maximum absolute atomic E-state index is 2.12. The van der Waals surface area contributed by atoms with Crippen LogP contribution >= 0.6 is 23.1 Å². The molecular formula is C16H14S2. The molecule has 1 heterocycles. The van der Waals surface area contributed by atoms with Gasteiger partial charge in [0.05, 0.1) is 0 Å². The molecule has 90 valence electrons. The largest absolute Gasteiger partial charge is 0.152 e. The summed E-state index contributed by atoms with van der Waals surface area (Å²) in [5, 5.41) is 4.08. The number of hydrogen-bond donors (Lipinski definition) is 0. The van der Waals surface area contributed by atoms with E-state index in [1.807, 2.05) is 35.0 Å². The first-order chi connectivity index (χ1) is 8.95. The van der Waals surface area contributed by atoms with Gasteiger partial charge in [0.2, 0.25) is 0 Å². The van der Waals surface area contributed by atoms with Crippen LogP contribution in [0, 0.1) is 0 Å². The Labute approximate surface area is 116 Å². The smallest absolute Gasteiger partial charge is 0.0122 e. The van der Waals surface area contributed by atoms with Gasteiger partial charge < -0.3 is 0 Å². The van der Waals surface area contributed by atoms with Crippen LogP contribution in [-0.2, 0) is 0 Å². The van der Waals surface area contributed by atoms with E-state index >= 15 is 0 Å². The Kier molecular flexibility index (Phi) is 5.57. The predicted octanol–water partition coefficient (Wildman–Crippen LogP) is 5.59. The summed E-state index contributed by atoms with van der Waals surface area (Å²) in [6.07, 6.45) is 0. The van der Waals surface area contributed by atoms with Crippen LogP contribution in [-0.4, -0.2) is 0 Å². The summed E-state index contributed by atoms with van der Waals surface area (Å²) in [6, 6.07) is 24.8. The first kappa shape index (κ1) is 12.9. The molecule has 2 heteroatoms. The Bertz CT molecular complexity index is 461. The zero-order chi connectivity index (χ0) is 12.5. The molecule has 0 N–H and O–H groups in total. The molecule has 3 rings (SSSR count). The summed E-state index contributed by atoms with van der Waals surface area (Å²) in [5.74, 6) is 0. The monoisotopic (exact) mass is 270 g/mol. The van der Waals surface area contributed by atoms with Crippen LogP contribution in [0.1, 0.15) is 0 Å². The van der Waals surface area contributed by atoms with Crippen molar-refractivity contribution in [1.82, 2.24) is 0 Å². The zero-order valence-corrected chi connectivity index (χ0v) is 11.5. The fourth-order valence-electron chi connectivity index (χ4n) is 1.34. The summed E-state index contributed by atoms with van der Waals surface area (Å²) < 4.78 is 0. The van der Waals surface area contributed by atoms with Crippen molar-refractivity contribution in [2.45, 2.75) is 9.79 Å². The van der Waals surface area contributed by atoms with Crippen molar-refractivity contribution in [2.24, 2.45) is 0 Å². The zero-order valence-electron chi connectivity index (χ0n) is 9.90. The molecule has 18 heavy (non-hydrogen) atoms. The molecule has 0 amide bonds. The molecule has 0 saturated carbocycles. The average molecular weight is 270 g/mol. The molecule has 3 aromatic rings. The van der Waals surface area contributed by atoms with E-state index in [2.05, 4.69) is 48.5 Å². The molecule has 2 aromatic carbocycles. The van der Waals surface area contributed by atoms with Gasteiger partial charge >= 0.3 is 0 Å². The van der Waals surface area contributed by atoms with Crippen LogP contribution in [0.4, 0.5) is 0 Å². The highest BCUT2D eigenvalue weighted by atomic mass is 32.2. The quantitative estimate of drug-likeness (QED) is 0.585. The minimum Gasteiger partial charge on any atom is -0.152 e. The van der Waals surface area contributed by atoms with Crippen LogP contribution in [0.3, 0.4) is 0 Å². The molecule has 0 radical (unpaired) electrons. The Hall–Kier alpha value is -1.51. The van der Waals surface area contributed by atoms with E-state index in [0.717, 1.165) is 0 Å². The summed E-state index contributed by atoms with van der Waals surface area (Å²) in [7, 11) is 0. The van der Waals surface area contributed by atoms with Crippen LogP contribution < -0.4 is 0 Å². The highest BCUT2D eigenvalue weighted by molar-refractivity contribution is 7.99. The summed E-state index contributed by atoms with van der Waals surface area (Å²) in [4.78, 5) is 2.57. The van der Waals surface area contributed by atoms with Gasteiger partial charge in [-0.25, -0.2) is 0 Å². The topological polar surface area (TPSA) is 0 Å². The van der Waals surface area contributed by atoms with Gasteiger partial charge in [-0.1, -0.05) is 60.3 Å². The Morgan fingerprint density at radius 2 is 1.00 bits per heavy atom. The molecule has 0 unspecified atom stereocenters. The van der Waals surface area contributed by atoms with Crippen LogP contribution in [0.5, 0.6) is 0 Å². The molecule has 0 saturated heterocycles. The third-order valence-corrected chi connectivity index (χ3v) is 3.79. The van der Waals surface area contributed by atoms with E-state index in [1.54, 1.807) is 23.1 Å². The van der Waals surface area contributed by atoms with Crippen molar-refractivity contribution in [1.29, 1.82) is 0 Å². The minimum atomic E-state index is 1.29. The van der Waals surface area contributed by atoms with Crippen molar-refractivity contribution >= 4 is 23.1 Å². The lowest BCUT2D eigenvalue weighted by molar-refractivity contribution is 1.41. The molecule has 0 spiro atoms. The van der Waals surface area contributed by atoms with Gasteiger partial charge in [-0.05, 0) is 35.0 Å². The molecule has 0 aliphatic heterocycles. The second-order valence-electron chi connectivity index (χ2n) is 3.52. The molecule has 0 atom stereocenters. The van der Waals surface area contributed by atoms with E-state index in [1.165, 1.54) is 9.79 Å². The molecule has 0 aliphatic rings. The molecule has 0 aliphatic carbocycles. The molecular weight excluding hydrogens is 256 g/mol. The lowest BCUT2D eigenvalue weighted by Gasteiger charge is -1.99. The normalized spacial score (nSPS) is 9.33. The summed E-state index contributed by atoms with van der Waals surface area (Å²) >= 11 is 3.50. The highest BCUT2D eigenvalue weighted by Gasteiger charge is 1.93. The number of hydrogen-bond acceptors (Lipinski definition) is 2. The van der Waals surface area contributed by atoms with E-state index in [4.69, 9.17) is 0 Å². The maximum Gasteiger partial charge on any atom is 0.0122 e. The SMILES string of the molecule is c1ccc(Sc2ccccc2)cc1.c1ccsc1. The minimum absolute atomic E-state index is 1.29. The van der Waals surface area contributed by atoms with Gasteiger partial charge in [0, 0.05) is 9.79 Å². The summed E-state index contributed by atoms with van der Waals surface area (Å²) in [5.41, 5.74) is 0. The molecule has 1 aromatic heterocycles. The Morgan fingerprint density at radius 1 is 0.556 bits per heavy atom. The highest BCUT2D eigenvalue weighted by Crippen LogP contribution is 2.26. The van der Waals surface area contributed by atoms with Crippen LogP contribution in [0.15, 0.2) is 93.3 Å². The third kappa shape index (κ3) is 4.78. The Balaban J connectivity index is 0.000000202. The van der Waals surface area contributed by atoms with Gasteiger partial charge in [-0.15, -0.1) is 0 Å². The first-order valence-corrected chi connectivity index (χ1v) is 7.46. The van der Waals surface area contributed by atoms with E-state index in [0.29, 0.717) is 0 Å². The second-order valence-corrected chi connectivity index (χ2v) is 5.48. The fourth-order valence-corrected chi connectivity index (χ4v) is 2.65. The predicted molar refractivity (Wildman–Crippen MR) is 81.3 cm³/mol. The lowest BCUT2D eigenvalue weighted by atomic mass is 10.4. The van der Waals surface area contributed by atoms with Crippen molar-refractivity contribution < 1.29 is 0 Å². The van der Waals surface area contributed by atoms with Crippen LogP contribution in [0.2, 0.25) is 0 Å². The molecule has 0 fully saturated rings. The fraction of sp³-hybridized carbons (Fsp3) is 0. The number of benzene rings is 2. The van der Waals surface area contributed by atoms with E-state index in [9.17, 15) is 0 Å². The molecule has 0 bridgehead atoms. The Morgan fingerprint density at radius 3 is 1.33 bits per heavy atom. The van der Waals surface area contributed by atoms with Crippen molar-refractivity contribution in [3.8, 4) is 0 Å².